The highest BCUT2D eigenvalue weighted by atomic mass is 32.2. The van der Waals surface area contributed by atoms with Crippen molar-refractivity contribution in [1.29, 1.82) is 0 Å². The van der Waals surface area contributed by atoms with Gasteiger partial charge in [-0.2, -0.15) is 0 Å². The van der Waals surface area contributed by atoms with Crippen molar-refractivity contribution in [3.05, 3.63) is 93.6 Å². The molecule has 13 heteroatoms. The molecular formula is C32H35N5O6S2. The molecule has 0 fully saturated rings. The number of carbonyl (C=O) groups is 4. The molecule has 0 spiro atoms. The maximum atomic E-state index is 13.4. The third kappa shape index (κ3) is 8.79. The molecule has 2 heterocycles. The second-order valence-corrected chi connectivity index (χ2v) is 12.2. The van der Waals surface area contributed by atoms with Crippen LogP contribution in [0.5, 0.6) is 0 Å². The smallest absolute Gasteiger partial charge is 0.348 e. The van der Waals surface area contributed by atoms with Crippen LogP contribution in [-0.4, -0.2) is 57.0 Å². The van der Waals surface area contributed by atoms with Gasteiger partial charge in [-0.3, -0.25) is 9.59 Å². The number of anilines is 1. The van der Waals surface area contributed by atoms with Gasteiger partial charge < -0.3 is 24.7 Å². The minimum Gasteiger partial charge on any atom is -0.462 e. The molecule has 0 radical (unpaired) electrons. The number of benzene rings is 2. The van der Waals surface area contributed by atoms with E-state index in [4.69, 9.17) is 9.47 Å². The van der Waals surface area contributed by atoms with Gasteiger partial charge >= 0.3 is 11.9 Å². The first-order chi connectivity index (χ1) is 21.7. The fourth-order valence-corrected chi connectivity index (χ4v) is 6.31. The zero-order chi connectivity index (χ0) is 32.3. The Hall–Kier alpha value is -4.49. The highest BCUT2D eigenvalue weighted by Crippen LogP contribution is 2.35. The van der Waals surface area contributed by atoms with Gasteiger partial charge in [-0.1, -0.05) is 72.4 Å². The van der Waals surface area contributed by atoms with Gasteiger partial charge in [0.1, 0.15) is 9.88 Å². The number of nitrogens with zero attached hydrogens (tertiary/aromatic N) is 3. The number of thiophene rings is 1. The summed E-state index contributed by atoms with van der Waals surface area (Å²) in [6.45, 7) is 7.58. The van der Waals surface area contributed by atoms with Crippen molar-refractivity contribution in [2.45, 2.75) is 57.6 Å². The van der Waals surface area contributed by atoms with E-state index in [1.807, 2.05) is 65.2 Å². The molecule has 2 aromatic heterocycles. The molecule has 11 nitrogen and oxygen atoms in total. The molecular weight excluding hydrogens is 615 g/mol. The molecule has 0 aliphatic rings. The Kier molecular flexibility index (Phi) is 11.9. The lowest BCUT2D eigenvalue weighted by Gasteiger charge is -2.14. The number of thioether (sulfide) groups is 1. The summed E-state index contributed by atoms with van der Waals surface area (Å²) >= 11 is 2.16. The Morgan fingerprint density at radius 2 is 1.53 bits per heavy atom. The maximum Gasteiger partial charge on any atom is 0.348 e. The molecule has 0 aliphatic carbocycles. The van der Waals surface area contributed by atoms with E-state index < -0.39 is 23.1 Å². The number of nitrogens with one attached hydrogen (secondary N) is 2. The molecule has 236 valence electrons. The normalized spacial score (nSPS) is 11.5. The number of hydrogen-bond donors (Lipinski definition) is 2. The number of ether oxygens (including phenoxy) is 2. The summed E-state index contributed by atoms with van der Waals surface area (Å²) in [7, 11) is 0. The van der Waals surface area contributed by atoms with Crippen LogP contribution in [0, 0.1) is 6.92 Å². The van der Waals surface area contributed by atoms with Crippen LogP contribution in [-0.2, 0) is 38.6 Å². The van der Waals surface area contributed by atoms with Gasteiger partial charge in [-0.15, -0.1) is 21.5 Å². The third-order valence-electron chi connectivity index (χ3n) is 6.60. The third-order valence-corrected chi connectivity index (χ3v) is 8.87. The summed E-state index contributed by atoms with van der Waals surface area (Å²) in [4.78, 5) is 51.6. The predicted octanol–water partition coefficient (Wildman–Crippen LogP) is 5.03. The number of esters is 2. The number of rotatable bonds is 14. The van der Waals surface area contributed by atoms with Gasteiger partial charge in [-0.05, 0) is 44.4 Å². The Balaban J connectivity index is 1.52. The number of aromatic nitrogens is 3. The molecule has 4 rings (SSSR count). The Labute approximate surface area is 269 Å². The van der Waals surface area contributed by atoms with Crippen molar-refractivity contribution in [3.8, 4) is 0 Å². The summed E-state index contributed by atoms with van der Waals surface area (Å²) in [5.74, 6) is -1.24. The Morgan fingerprint density at radius 3 is 2.18 bits per heavy atom. The van der Waals surface area contributed by atoms with E-state index in [-0.39, 0.29) is 47.5 Å². The van der Waals surface area contributed by atoms with Crippen LogP contribution in [0.1, 0.15) is 63.3 Å². The molecule has 0 saturated carbocycles. The first-order valence-corrected chi connectivity index (χ1v) is 16.1. The molecule has 2 amide bonds. The zero-order valence-electron chi connectivity index (χ0n) is 25.5. The fourth-order valence-electron chi connectivity index (χ4n) is 4.35. The van der Waals surface area contributed by atoms with Gasteiger partial charge in [0.25, 0.3) is 0 Å². The fraction of sp³-hybridized carbons (Fsp3) is 0.312. The van der Waals surface area contributed by atoms with Crippen molar-refractivity contribution in [2.24, 2.45) is 0 Å². The van der Waals surface area contributed by atoms with Crippen LogP contribution in [0.2, 0.25) is 0 Å². The minimum absolute atomic E-state index is 0.122. The maximum absolute atomic E-state index is 13.4. The molecule has 1 atom stereocenters. The van der Waals surface area contributed by atoms with Gasteiger partial charge in [0, 0.05) is 0 Å². The van der Waals surface area contributed by atoms with Crippen molar-refractivity contribution in [3.63, 3.8) is 0 Å². The highest BCUT2D eigenvalue weighted by Gasteiger charge is 2.29. The van der Waals surface area contributed by atoms with Crippen LogP contribution < -0.4 is 10.6 Å². The summed E-state index contributed by atoms with van der Waals surface area (Å²) in [6, 6.07) is 19.2. The van der Waals surface area contributed by atoms with Crippen LogP contribution in [0.4, 0.5) is 5.00 Å². The molecule has 2 aromatic carbocycles. The first kappa shape index (κ1) is 33.4. The van der Waals surface area contributed by atoms with Crippen LogP contribution in [0.3, 0.4) is 0 Å². The Bertz CT molecular complexity index is 1640. The van der Waals surface area contributed by atoms with Crippen molar-refractivity contribution in [1.82, 2.24) is 20.1 Å². The monoisotopic (exact) mass is 649 g/mol. The standard InChI is InChI=1S/C32H35N5O6S2/c1-5-42-30(40)26-20(3)27(31(41)43-6-2)45-29(26)34-28(39)21(4)44-32-36-35-24(37(32)19-23-15-11-8-12-16-23)18-33-25(38)17-22-13-9-7-10-14-22/h7-16,21H,5-6,17-19H2,1-4H3,(H,33,38)(H,34,39)/t21-/m1/s1. The topological polar surface area (TPSA) is 142 Å². The van der Waals surface area contributed by atoms with Crippen molar-refractivity contribution >= 4 is 51.9 Å². The highest BCUT2D eigenvalue weighted by molar-refractivity contribution is 8.00. The van der Waals surface area contributed by atoms with E-state index in [1.165, 1.54) is 11.8 Å². The summed E-state index contributed by atoms with van der Waals surface area (Å²) in [6.07, 6.45) is 0.236. The first-order valence-electron chi connectivity index (χ1n) is 14.4. The second-order valence-electron chi connectivity index (χ2n) is 9.86. The Morgan fingerprint density at radius 1 is 0.911 bits per heavy atom. The van der Waals surface area contributed by atoms with E-state index in [2.05, 4.69) is 20.8 Å². The van der Waals surface area contributed by atoms with Crippen molar-refractivity contribution in [2.75, 3.05) is 18.5 Å². The van der Waals surface area contributed by atoms with E-state index in [1.54, 1.807) is 27.7 Å². The SMILES string of the molecule is CCOC(=O)c1sc(NC(=O)[C@@H](C)Sc2nnc(CNC(=O)Cc3ccccc3)n2Cc2ccccc2)c(C(=O)OCC)c1C. The van der Waals surface area contributed by atoms with E-state index in [9.17, 15) is 19.2 Å². The van der Waals surface area contributed by atoms with Crippen LogP contribution in [0.15, 0.2) is 65.8 Å². The largest absolute Gasteiger partial charge is 0.462 e. The summed E-state index contributed by atoms with van der Waals surface area (Å²) in [5.41, 5.74) is 2.40. The van der Waals surface area contributed by atoms with Crippen LogP contribution >= 0.6 is 23.1 Å². The molecule has 45 heavy (non-hydrogen) atoms. The predicted molar refractivity (Wildman–Crippen MR) is 172 cm³/mol. The summed E-state index contributed by atoms with van der Waals surface area (Å²) < 4.78 is 12.2. The minimum atomic E-state index is -0.673. The van der Waals surface area contributed by atoms with Gasteiger partial charge in [-0.25, -0.2) is 9.59 Å². The van der Waals surface area contributed by atoms with Crippen LogP contribution in [0.25, 0.3) is 0 Å². The molecule has 0 aliphatic heterocycles. The molecule has 0 bridgehead atoms. The van der Waals surface area contributed by atoms with Gasteiger partial charge in [0.2, 0.25) is 11.8 Å². The molecule has 4 aromatic rings. The number of hydrogen-bond acceptors (Lipinski definition) is 10. The lowest BCUT2D eigenvalue weighted by molar-refractivity contribution is -0.120. The summed E-state index contributed by atoms with van der Waals surface area (Å²) in [5, 5.41) is 14.4. The average Bonchev–Trinajstić information content (AvgIpc) is 3.56. The average molecular weight is 650 g/mol. The number of amides is 2. The molecule has 0 unspecified atom stereocenters. The number of carbonyl (C=O) groups excluding carboxylic acids is 4. The quantitative estimate of drug-likeness (QED) is 0.142. The van der Waals surface area contributed by atoms with Gasteiger partial charge in [0.15, 0.2) is 11.0 Å². The van der Waals surface area contributed by atoms with Crippen molar-refractivity contribution < 1.29 is 28.7 Å². The second kappa shape index (κ2) is 16.0. The van der Waals surface area contributed by atoms with E-state index in [0.717, 1.165) is 22.5 Å². The van der Waals surface area contributed by atoms with E-state index in [0.29, 0.717) is 23.1 Å². The molecule has 2 N–H and O–H groups in total. The zero-order valence-corrected chi connectivity index (χ0v) is 27.1. The van der Waals surface area contributed by atoms with E-state index >= 15 is 0 Å². The lowest BCUT2D eigenvalue weighted by atomic mass is 10.1. The molecule has 0 saturated heterocycles. The lowest BCUT2D eigenvalue weighted by Crippen LogP contribution is -2.27. The van der Waals surface area contributed by atoms with Gasteiger partial charge in [0.05, 0.1) is 43.5 Å².